The zero-order valence-electron chi connectivity index (χ0n) is 15.6. The van der Waals surface area contributed by atoms with E-state index >= 15 is 0 Å². The molecule has 25 heavy (non-hydrogen) atoms. The third-order valence-electron chi connectivity index (χ3n) is 4.16. The van der Waals surface area contributed by atoms with Gasteiger partial charge in [-0.1, -0.05) is 12.1 Å². The average Bonchev–Trinajstić information content (AvgIpc) is 3.08. The highest BCUT2D eigenvalue weighted by Crippen LogP contribution is 2.20. The zero-order chi connectivity index (χ0) is 18.2. The van der Waals surface area contributed by atoms with Crippen LogP contribution in [0.25, 0.3) is 0 Å². The molecule has 1 aliphatic rings. The Kier molecular flexibility index (Phi) is 7.68. The highest BCUT2D eigenvalue weighted by molar-refractivity contribution is 6.01. The normalized spacial score (nSPS) is 18.4. The Bertz CT molecular complexity index is 545. The van der Waals surface area contributed by atoms with Crippen LogP contribution in [0.4, 0.5) is 0 Å². The van der Waals surface area contributed by atoms with Crippen LogP contribution in [0.15, 0.2) is 29.4 Å². The van der Waals surface area contributed by atoms with Gasteiger partial charge in [-0.05, 0) is 50.2 Å². The lowest BCUT2D eigenvalue weighted by atomic mass is 10.0. The number of methoxy groups -OCH3 is 1. The van der Waals surface area contributed by atoms with E-state index in [1.807, 2.05) is 38.1 Å². The molecule has 0 saturated heterocycles. The van der Waals surface area contributed by atoms with Crippen LogP contribution >= 0.6 is 0 Å². The van der Waals surface area contributed by atoms with Crippen LogP contribution in [0.2, 0.25) is 0 Å². The molecular weight excluding hydrogens is 320 g/mol. The molecule has 0 saturated carbocycles. The number of benzene rings is 1. The second-order valence-corrected chi connectivity index (χ2v) is 6.59. The topological polar surface area (TPSA) is 63.5 Å². The number of nitrogens with zero attached hydrogens (tertiary/aromatic N) is 2. The first-order valence-corrected chi connectivity index (χ1v) is 8.91. The van der Waals surface area contributed by atoms with E-state index in [0.29, 0.717) is 13.2 Å². The lowest BCUT2D eigenvalue weighted by Gasteiger charge is -2.25. The number of likely N-dealkylation sites (N-methyl/N-ethyl adjacent to an activating group) is 1. The highest BCUT2D eigenvalue weighted by Gasteiger charge is 2.25. The average molecular weight is 350 g/mol. The van der Waals surface area contributed by atoms with E-state index < -0.39 is 6.10 Å². The Morgan fingerprint density at radius 3 is 2.64 bits per heavy atom. The molecule has 0 fully saturated rings. The van der Waals surface area contributed by atoms with Crippen molar-refractivity contribution in [2.24, 2.45) is 5.16 Å². The Morgan fingerprint density at radius 1 is 1.32 bits per heavy atom. The molecule has 140 valence electrons. The summed E-state index contributed by atoms with van der Waals surface area (Å²) in [5.41, 5.74) is 2.00. The van der Waals surface area contributed by atoms with Crippen LogP contribution in [-0.4, -0.2) is 67.4 Å². The summed E-state index contributed by atoms with van der Waals surface area (Å²) in [6.45, 7) is 8.52. The minimum absolute atomic E-state index is 0.00951. The van der Waals surface area contributed by atoms with Gasteiger partial charge in [-0.25, -0.2) is 0 Å². The number of hydrogen-bond acceptors (Lipinski definition) is 6. The van der Waals surface area contributed by atoms with Crippen molar-refractivity contribution >= 4 is 5.71 Å². The van der Waals surface area contributed by atoms with Gasteiger partial charge < -0.3 is 19.4 Å². The van der Waals surface area contributed by atoms with E-state index in [1.54, 1.807) is 7.11 Å². The van der Waals surface area contributed by atoms with Crippen molar-refractivity contribution in [2.75, 3.05) is 33.4 Å². The second-order valence-electron chi connectivity index (χ2n) is 6.59. The highest BCUT2D eigenvalue weighted by atomic mass is 16.6. The Hall–Kier alpha value is -1.63. The van der Waals surface area contributed by atoms with Crippen molar-refractivity contribution in [3.05, 3.63) is 29.8 Å². The molecule has 2 unspecified atom stereocenters. The van der Waals surface area contributed by atoms with Crippen LogP contribution in [0.1, 0.15) is 32.8 Å². The second kappa shape index (κ2) is 9.75. The fraction of sp³-hybridized carbons (Fsp3) is 0.632. The maximum atomic E-state index is 10.1. The zero-order valence-corrected chi connectivity index (χ0v) is 15.6. The summed E-state index contributed by atoms with van der Waals surface area (Å²) in [6, 6.07) is 7.84. The standard InChI is InChI=1S/C19H30N2O4/c1-5-21(11-16(22)13-24-14(2)3)12-18-10-19(20-25-18)15-6-8-17(23-4)9-7-15/h6-9,14,16,18,22H,5,10-13H2,1-4H3. The molecule has 0 amide bonds. The monoisotopic (exact) mass is 350 g/mol. The molecule has 0 radical (unpaired) electrons. The van der Waals surface area contributed by atoms with E-state index in [9.17, 15) is 5.11 Å². The minimum atomic E-state index is -0.495. The van der Waals surface area contributed by atoms with Crippen LogP contribution in [-0.2, 0) is 9.57 Å². The minimum Gasteiger partial charge on any atom is -0.497 e. The summed E-state index contributed by atoms with van der Waals surface area (Å²) in [7, 11) is 1.65. The first kappa shape index (κ1) is 19.7. The van der Waals surface area contributed by atoms with E-state index in [0.717, 1.165) is 36.5 Å². The first-order valence-electron chi connectivity index (χ1n) is 8.91. The summed E-state index contributed by atoms with van der Waals surface area (Å²) in [5, 5.41) is 14.3. The maximum absolute atomic E-state index is 10.1. The van der Waals surface area contributed by atoms with Gasteiger partial charge >= 0.3 is 0 Å². The molecule has 1 aliphatic heterocycles. The van der Waals surface area contributed by atoms with Gasteiger partial charge in [0, 0.05) is 19.5 Å². The molecule has 1 aromatic carbocycles. The Labute approximate surface area is 150 Å². The van der Waals surface area contributed by atoms with Crippen LogP contribution in [0, 0.1) is 0 Å². The van der Waals surface area contributed by atoms with Crippen molar-refractivity contribution in [2.45, 2.75) is 45.5 Å². The van der Waals surface area contributed by atoms with E-state index in [-0.39, 0.29) is 12.2 Å². The quantitative estimate of drug-likeness (QED) is 0.701. The molecule has 2 rings (SSSR count). The van der Waals surface area contributed by atoms with Crippen molar-refractivity contribution in [3.63, 3.8) is 0 Å². The third kappa shape index (κ3) is 6.30. The predicted octanol–water partition coefficient (Wildman–Crippen LogP) is 2.30. The number of hydrogen-bond donors (Lipinski definition) is 1. The van der Waals surface area contributed by atoms with E-state index in [1.165, 1.54) is 0 Å². The fourth-order valence-electron chi connectivity index (χ4n) is 2.76. The molecular formula is C19H30N2O4. The van der Waals surface area contributed by atoms with Gasteiger partial charge in [-0.2, -0.15) is 0 Å². The Morgan fingerprint density at radius 2 is 2.04 bits per heavy atom. The summed E-state index contributed by atoms with van der Waals surface area (Å²) < 4.78 is 10.7. The van der Waals surface area contributed by atoms with Crippen molar-refractivity contribution < 1.29 is 19.4 Å². The van der Waals surface area contributed by atoms with Crippen molar-refractivity contribution in [1.82, 2.24) is 4.90 Å². The van der Waals surface area contributed by atoms with Crippen molar-refractivity contribution in [1.29, 1.82) is 0 Å². The van der Waals surface area contributed by atoms with Gasteiger partial charge in [-0.3, -0.25) is 4.90 Å². The van der Waals surface area contributed by atoms with Crippen LogP contribution in [0.3, 0.4) is 0 Å². The summed E-state index contributed by atoms with van der Waals surface area (Å²) in [5.74, 6) is 0.828. The SMILES string of the molecule is CCN(CC(O)COC(C)C)CC1CC(c2ccc(OC)cc2)=NO1. The molecule has 2 atom stereocenters. The van der Waals surface area contributed by atoms with Crippen molar-refractivity contribution in [3.8, 4) is 5.75 Å². The van der Waals surface area contributed by atoms with Gasteiger partial charge in [0.25, 0.3) is 0 Å². The van der Waals surface area contributed by atoms with E-state index in [4.69, 9.17) is 14.3 Å². The molecule has 1 aromatic rings. The Balaban J connectivity index is 1.80. The molecule has 0 aliphatic carbocycles. The predicted molar refractivity (Wildman–Crippen MR) is 98.2 cm³/mol. The molecule has 1 N–H and O–H groups in total. The molecule has 6 nitrogen and oxygen atoms in total. The van der Waals surface area contributed by atoms with Gasteiger partial charge in [-0.15, -0.1) is 0 Å². The van der Waals surface area contributed by atoms with Crippen LogP contribution in [0.5, 0.6) is 5.75 Å². The molecule has 6 heteroatoms. The largest absolute Gasteiger partial charge is 0.497 e. The maximum Gasteiger partial charge on any atom is 0.145 e. The number of rotatable bonds is 10. The van der Waals surface area contributed by atoms with Crippen LogP contribution < -0.4 is 4.74 Å². The van der Waals surface area contributed by atoms with E-state index in [2.05, 4.69) is 17.0 Å². The lowest BCUT2D eigenvalue weighted by molar-refractivity contribution is -0.0169. The fourth-order valence-corrected chi connectivity index (χ4v) is 2.76. The molecule has 0 bridgehead atoms. The number of aliphatic hydroxyl groups excluding tert-OH is 1. The summed E-state index contributed by atoms with van der Waals surface area (Å²) in [6.07, 6.45) is 0.408. The summed E-state index contributed by atoms with van der Waals surface area (Å²) >= 11 is 0. The third-order valence-corrected chi connectivity index (χ3v) is 4.16. The number of ether oxygens (including phenoxy) is 2. The number of aliphatic hydroxyl groups is 1. The summed E-state index contributed by atoms with van der Waals surface area (Å²) in [4.78, 5) is 7.76. The lowest BCUT2D eigenvalue weighted by Crippen LogP contribution is -2.39. The van der Waals surface area contributed by atoms with Gasteiger partial charge in [0.15, 0.2) is 0 Å². The van der Waals surface area contributed by atoms with Gasteiger partial charge in [0.05, 0.1) is 31.6 Å². The molecule has 1 heterocycles. The number of oxime groups is 1. The van der Waals surface area contributed by atoms with Gasteiger partial charge in [0.1, 0.15) is 11.9 Å². The first-order chi connectivity index (χ1) is 12.0. The van der Waals surface area contributed by atoms with Gasteiger partial charge in [0.2, 0.25) is 0 Å². The molecule has 0 spiro atoms. The smallest absolute Gasteiger partial charge is 0.145 e. The molecule has 0 aromatic heterocycles.